The maximum Gasteiger partial charge on any atom is 0.0499 e. The molecule has 2 nitrogen and oxygen atoms in total. The van der Waals surface area contributed by atoms with Crippen LogP contribution in [0.4, 0.5) is 0 Å². The standard InChI is InChI=1S/C14H25O2/c1-5-8-13(6-2)14(10-12-16-4)9-7-11-15-3/h5,9H,1,6-8,10-12H2,2-4H3. The highest BCUT2D eigenvalue weighted by atomic mass is 16.5. The monoisotopic (exact) mass is 225 g/mol. The quantitative estimate of drug-likeness (QED) is 0.418. The molecule has 0 saturated carbocycles. The van der Waals surface area contributed by atoms with E-state index >= 15 is 0 Å². The van der Waals surface area contributed by atoms with Crippen LogP contribution in [0.25, 0.3) is 0 Å². The average molecular weight is 225 g/mol. The van der Waals surface area contributed by atoms with Crippen LogP contribution in [0.15, 0.2) is 24.3 Å². The summed E-state index contributed by atoms with van der Waals surface area (Å²) in [6.45, 7) is 7.55. The van der Waals surface area contributed by atoms with Crippen molar-refractivity contribution in [2.45, 2.75) is 32.6 Å². The first-order valence-corrected chi connectivity index (χ1v) is 5.93. The van der Waals surface area contributed by atoms with Gasteiger partial charge in [-0.2, -0.15) is 0 Å². The van der Waals surface area contributed by atoms with Gasteiger partial charge in [0.15, 0.2) is 0 Å². The van der Waals surface area contributed by atoms with E-state index in [4.69, 9.17) is 9.47 Å². The molecule has 0 aromatic rings. The summed E-state index contributed by atoms with van der Waals surface area (Å²) in [5.41, 5.74) is 1.40. The number of hydrogen-bond donors (Lipinski definition) is 0. The van der Waals surface area contributed by atoms with E-state index in [2.05, 4.69) is 19.6 Å². The Morgan fingerprint density at radius 3 is 2.38 bits per heavy atom. The van der Waals surface area contributed by atoms with Crippen molar-refractivity contribution in [3.63, 3.8) is 0 Å². The maximum absolute atomic E-state index is 5.14. The van der Waals surface area contributed by atoms with Gasteiger partial charge in [0.25, 0.3) is 0 Å². The van der Waals surface area contributed by atoms with Crippen molar-refractivity contribution in [3.8, 4) is 0 Å². The van der Waals surface area contributed by atoms with E-state index in [1.54, 1.807) is 14.2 Å². The summed E-state index contributed by atoms with van der Waals surface area (Å²) in [7, 11) is 3.47. The van der Waals surface area contributed by atoms with E-state index in [1.165, 1.54) is 11.5 Å². The fourth-order valence-corrected chi connectivity index (χ4v) is 1.66. The smallest absolute Gasteiger partial charge is 0.0499 e. The third kappa shape index (κ3) is 6.81. The van der Waals surface area contributed by atoms with E-state index in [1.807, 2.05) is 6.08 Å². The molecule has 0 unspecified atom stereocenters. The van der Waals surface area contributed by atoms with Gasteiger partial charge in [0, 0.05) is 33.4 Å². The summed E-state index contributed by atoms with van der Waals surface area (Å²) in [6.07, 6.45) is 8.24. The zero-order valence-electron chi connectivity index (χ0n) is 10.9. The highest BCUT2D eigenvalue weighted by molar-refractivity contribution is 5.25. The van der Waals surface area contributed by atoms with E-state index < -0.39 is 0 Å². The first kappa shape index (κ1) is 15.4. The first-order chi connectivity index (χ1) is 7.79. The largest absolute Gasteiger partial charge is 0.384 e. The van der Waals surface area contributed by atoms with Gasteiger partial charge in [-0.1, -0.05) is 24.6 Å². The number of ether oxygens (including phenoxy) is 2. The van der Waals surface area contributed by atoms with Crippen molar-refractivity contribution in [2.75, 3.05) is 27.4 Å². The minimum atomic E-state index is 0.777. The summed E-state index contributed by atoms with van der Waals surface area (Å²) >= 11 is 0. The number of hydrogen-bond acceptors (Lipinski definition) is 2. The van der Waals surface area contributed by atoms with Crippen LogP contribution in [0.1, 0.15) is 32.6 Å². The van der Waals surface area contributed by atoms with Gasteiger partial charge in [0.2, 0.25) is 0 Å². The number of methoxy groups -OCH3 is 2. The Morgan fingerprint density at radius 2 is 1.88 bits per heavy atom. The summed E-state index contributed by atoms with van der Waals surface area (Å²) < 4.78 is 10.2. The predicted molar refractivity (Wildman–Crippen MR) is 69.4 cm³/mol. The molecule has 16 heavy (non-hydrogen) atoms. The lowest BCUT2D eigenvalue weighted by atomic mass is 9.90. The van der Waals surface area contributed by atoms with E-state index in [-0.39, 0.29) is 0 Å². The Hall–Kier alpha value is -0.600. The van der Waals surface area contributed by atoms with Gasteiger partial charge in [-0.15, -0.1) is 6.58 Å². The fourth-order valence-electron chi connectivity index (χ4n) is 1.66. The van der Waals surface area contributed by atoms with Crippen LogP contribution in [0.2, 0.25) is 0 Å². The van der Waals surface area contributed by atoms with Gasteiger partial charge in [0.1, 0.15) is 0 Å². The van der Waals surface area contributed by atoms with Gasteiger partial charge in [-0.3, -0.25) is 0 Å². The molecule has 0 aromatic carbocycles. The number of rotatable bonds is 10. The molecule has 0 fully saturated rings. The second-order valence-electron chi connectivity index (χ2n) is 3.70. The van der Waals surface area contributed by atoms with Crippen molar-refractivity contribution < 1.29 is 9.47 Å². The van der Waals surface area contributed by atoms with Crippen molar-refractivity contribution >= 4 is 0 Å². The van der Waals surface area contributed by atoms with Crippen LogP contribution in [-0.4, -0.2) is 27.4 Å². The molecule has 0 spiro atoms. The zero-order chi connectivity index (χ0) is 12.2. The lowest BCUT2D eigenvalue weighted by Crippen LogP contribution is -2.03. The summed E-state index contributed by atoms with van der Waals surface area (Å²) in [6, 6.07) is 0. The normalized spacial score (nSPS) is 12.1. The van der Waals surface area contributed by atoms with Crippen LogP contribution in [0.3, 0.4) is 0 Å². The zero-order valence-corrected chi connectivity index (χ0v) is 10.9. The molecule has 0 heterocycles. The second-order valence-corrected chi connectivity index (χ2v) is 3.70. The van der Waals surface area contributed by atoms with Crippen molar-refractivity contribution in [2.24, 2.45) is 0 Å². The van der Waals surface area contributed by atoms with E-state index in [0.717, 1.165) is 38.9 Å². The lowest BCUT2D eigenvalue weighted by molar-refractivity contribution is 0.199. The van der Waals surface area contributed by atoms with Gasteiger partial charge in [0.05, 0.1) is 0 Å². The van der Waals surface area contributed by atoms with Gasteiger partial charge in [-0.25, -0.2) is 0 Å². The van der Waals surface area contributed by atoms with Crippen molar-refractivity contribution in [1.82, 2.24) is 0 Å². The van der Waals surface area contributed by atoms with Gasteiger partial charge in [-0.05, 0) is 25.7 Å². The van der Waals surface area contributed by atoms with Crippen LogP contribution in [0.5, 0.6) is 0 Å². The Kier molecular flexibility index (Phi) is 10.5. The van der Waals surface area contributed by atoms with Crippen LogP contribution in [0, 0.1) is 5.92 Å². The Morgan fingerprint density at radius 1 is 1.19 bits per heavy atom. The fraction of sp³-hybridized carbons (Fsp3) is 0.643. The minimum Gasteiger partial charge on any atom is -0.384 e. The molecular formula is C14H25O2. The molecule has 2 heteroatoms. The predicted octanol–water partition coefficient (Wildman–Crippen LogP) is 3.55. The number of allylic oxidation sites excluding steroid dienone is 1. The summed E-state index contributed by atoms with van der Waals surface area (Å²) in [5, 5.41) is 0. The molecule has 0 aliphatic heterocycles. The molecule has 0 atom stereocenters. The molecule has 0 bridgehead atoms. The Labute approximate surface area is 100 Å². The summed E-state index contributed by atoms with van der Waals surface area (Å²) in [5.74, 6) is 1.46. The molecule has 0 rings (SSSR count). The topological polar surface area (TPSA) is 18.5 Å². The van der Waals surface area contributed by atoms with Gasteiger partial charge < -0.3 is 9.47 Å². The first-order valence-electron chi connectivity index (χ1n) is 5.93. The van der Waals surface area contributed by atoms with Crippen LogP contribution in [-0.2, 0) is 9.47 Å². The third-order valence-corrected chi connectivity index (χ3v) is 2.56. The molecule has 0 N–H and O–H groups in total. The molecule has 0 aliphatic rings. The molecule has 93 valence electrons. The SMILES string of the molecule is C=CC[C](CC)C(=CCCOC)CCOC. The minimum absolute atomic E-state index is 0.777. The molecule has 1 radical (unpaired) electrons. The molecule has 0 saturated heterocycles. The lowest BCUT2D eigenvalue weighted by Gasteiger charge is -2.17. The molecule has 0 aliphatic carbocycles. The molecular weight excluding hydrogens is 200 g/mol. The van der Waals surface area contributed by atoms with Crippen LogP contribution < -0.4 is 0 Å². The van der Waals surface area contributed by atoms with Crippen molar-refractivity contribution in [3.05, 3.63) is 30.2 Å². The Balaban J connectivity index is 4.34. The molecule has 0 amide bonds. The van der Waals surface area contributed by atoms with Gasteiger partial charge >= 0.3 is 0 Å². The third-order valence-electron chi connectivity index (χ3n) is 2.56. The van der Waals surface area contributed by atoms with E-state index in [9.17, 15) is 0 Å². The maximum atomic E-state index is 5.14. The van der Waals surface area contributed by atoms with Crippen molar-refractivity contribution in [1.29, 1.82) is 0 Å². The Bertz CT molecular complexity index is 197. The van der Waals surface area contributed by atoms with E-state index in [0.29, 0.717) is 0 Å². The molecule has 0 aromatic heterocycles. The highest BCUT2D eigenvalue weighted by Crippen LogP contribution is 2.25. The summed E-state index contributed by atoms with van der Waals surface area (Å²) in [4.78, 5) is 0. The average Bonchev–Trinajstić information content (AvgIpc) is 2.31. The highest BCUT2D eigenvalue weighted by Gasteiger charge is 2.10. The second kappa shape index (κ2) is 10.9. The van der Waals surface area contributed by atoms with Crippen LogP contribution >= 0.6 is 0 Å².